The van der Waals surface area contributed by atoms with Crippen molar-refractivity contribution in [1.29, 1.82) is 0 Å². The second-order valence-corrected chi connectivity index (χ2v) is 9.45. The van der Waals surface area contributed by atoms with E-state index in [1.807, 2.05) is 23.1 Å². The van der Waals surface area contributed by atoms with E-state index < -0.39 is 9.84 Å². The van der Waals surface area contributed by atoms with Crippen molar-refractivity contribution >= 4 is 15.7 Å². The van der Waals surface area contributed by atoms with Crippen LogP contribution >= 0.6 is 0 Å². The molecule has 1 fully saturated rings. The number of hydrogen-bond donors (Lipinski definition) is 0. The Hall–Kier alpha value is -2.14. The molecule has 1 amide bonds. The number of amides is 1. The van der Waals surface area contributed by atoms with Gasteiger partial charge in [0, 0.05) is 24.8 Å². The number of sulfone groups is 1. The summed E-state index contributed by atoms with van der Waals surface area (Å²) in [5, 5.41) is 0. The highest BCUT2D eigenvalue weighted by molar-refractivity contribution is 7.90. The lowest BCUT2D eigenvalue weighted by molar-refractivity contribution is -0.132. The maximum absolute atomic E-state index is 12.8. The first kappa shape index (κ1) is 18.6. The molecule has 0 N–H and O–H groups in total. The van der Waals surface area contributed by atoms with Crippen LogP contribution < -0.4 is 0 Å². The molecule has 5 heteroatoms. The molecule has 1 atom stereocenters. The highest BCUT2D eigenvalue weighted by atomic mass is 32.2. The van der Waals surface area contributed by atoms with Gasteiger partial charge in [0.1, 0.15) is 0 Å². The van der Waals surface area contributed by atoms with E-state index in [1.165, 1.54) is 11.8 Å². The minimum atomic E-state index is -3.21. The van der Waals surface area contributed by atoms with E-state index in [0.717, 1.165) is 31.5 Å². The zero-order valence-electron chi connectivity index (χ0n) is 15.3. The first-order chi connectivity index (χ1) is 12.3. The standard InChI is InChI=1S/C21H25NO3S/c1-21(18-7-4-3-5-8-18)13-6-14-22(16-21)20(23)15-17-9-11-19(12-10-17)26(2,24)25/h3-5,7-12H,6,13-16H2,1-2H3. The summed E-state index contributed by atoms with van der Waals surface area (Å²) in [5.74, 6) is 0.0963. The van der Waals surface area contributed by atoms with Crippen molar-refractivity contribution in [3.05, 3.63) is 65.7 Å². The van der Waals surface area contributed by atoms with E-state index in [9.17, 15) is 13.2 Å². The summed E-state index contributed by atoms with van der Waals surface area (Å²) in [6.07, 6.45) is 3.55. The second kappa shape index (κ2) is 7.23. The summed E-state index contributed by atoms with van der Waals surface area (Å²) in [5.41, 5.74) is 2.10. The number of carbonyl (C=O) groups is 1. The lowest BCUT2D eigenvalue weighted by atomic mass is 9.76. The van der Waals surface area contributed by atoms with Crippen LogP contribution in [0.5, 0.6) is 0 Å². The van der Waals surface area contributed by atoms with E-state index in [0.29, 0.717) is 6.42 Å². The third-order valence-corrected chi connectivity index (χ3v) is 6.36. The smallest absolute Gasteiger partial charge is 0.227 e. The summed E-state index contributed by atoms with van der Waals surface area (Å²) < 4.78 is 23.1. The Morgan fingerprint density at radius 2 is 1.73 bits per heavy atom. The van der Waals surface area contributed by atoms with Crippen LogP contribution in [0.2, 0.25) is 0 Å². The molecule has 0 radical (unpaired) electrons. The van der Waals surface area contributed by atoms with Gasteiger partial charge in [-0.3, -0.25) is 4.79 Å². The second-order valence-electron chi connectivity index (χ2n) is 7.44. The third-order valence-electron chi connectivity index (χ3n) is 5.23. The normalized spacial score (nSPS) is 20.8. The van der Waals surface area contributed by atoms with Gasteiger partial charge in [-0.1, -0.05) is 49.4 Å². The Labute approximate surface area is 155 Å². The lowest BCUT2D eigenvalue weighted by Crippen LogP contribution is -2.47. The molecule has 1 aliphatic heterocycles. The van der Waals surface area contributed by atoms with Gasteiger partial charge in [-0.15, -0.1) is 0 Å². The van der Waals surface area contributed by atoms with Crippen LogP contribution in [0.4, 0.5) is 0 Å². The predicted molar refractivity (Wildman–Crippen MR) is 103 cm³/mol. The molecule has 1 aliphatic rings. The van der Waals surface area contributed by atoms with Gasteiger partial charge in [0.05, 0.1) is 11.3 Å². The molecular formula is C21H25NO3S. The first-order valence-corrected chi connectivity index (χ1v) is 10.8. The molecule has 2 aromatic rings. The summed E-state index contributed by atoms with van der Waals surface area (Å²) in [6.45, 7) is 3.72. The minimum Gasteiger partial charge on any atom is -0.342 e. The molecule has 0 bridgehead atoms. The quantitative estimate of drug-likeness (QED) is 0.829. The summed E-state index contributed by atoms with van der Waals surface area (Å²) in [4.78, 5) is 15.0. The van der Waals surface area contributed by atoms with Gasteiger partial charge in [-0.25, -0.2) is 8.42 Å². The molecule has 3 rings (SSSR count). The predicted octanol–water partition coefficient (Wildman–Crippen LogP) is 3.21. The zero-order chi connectivity index (χ0) is 18.8. The Bertz CT molecular complexity index is 875. The van der Waals surface area contributed by atoms with Gasteiger partial charge >= 0.3 is 0 Å². The fraction of sp³-hybridized carbons (Fsp3) is 0.381. The van der Waals surface area contributed by atoms with E-state index in [2.05, 4.69) is 19.1 Å². The molecule has 26 heavy (non-hydrogen) atoms. The maximum Gasteiger partial charge on any atom is 0.227 e. The number of piperidine rings is 1. The van der Waals surface area contributed by atoms with Gasteiger partial charge in [-0.2, -0.15) is 0 Å². The van der Waals surface area contributed by atoms with Crippen molar-refractivity contribution in [3.8, 4) is 0 Å². The third kappa shape index (κ3) is 4.15. The monoisotopic (exact) mass is 371 g/mol. The Morgan fingerprint density at radius 3 is 2.35 bits per heavy atom. The molecule has 2 aromatic carbocycles. The Morgan fingerprint density at radius 1 is 1.08 bits per heavy atom. The van der Waals surface area contributed by atoms with Crippen molar-refractivity contribution in [2.24, 2.45) is 0 Å². The SMILES string of the molecule is CC1(c2ccccc2)CCCN(C(=O)Cc2ccc(S(C)(=O)=O)cc2)C1. The number of benzene rings is 2. The molecule has 0 saturated carbocycles. The number of likely N-dealkylation sites (tertiary alicyclic amines) is 1. The zero-order valence-corrected chi connectivity index (χ0v) is 16.1. The van der Waals surface area contributed by atoms with Crippen LogP contribution in [-0.4, -0.2) is 38.6 Å². The molecule has 4 nitrogen and oxygen atoms in total. The number of rotatable bonds is 4. The van der Waals surface area contributed by atoms with Crippen molar-refractivity contribution < 1.29 is 13.2 Å². The molecule has 0 aromatic heterocycles. The fourth-order valence-electron chi connectivity index (χ4n) is 3.67. The first-order valence-electron chi connectivity index (χ1n) is 8.90. The number of hydrogen-bond acceptors (Lipinski definition) is 3. The fourth-order valence-corrected chi connectivity index (χ4v) is 4.30. The highest BCUT2D eigenvalue weighted by Gasteiger charge is 2.34. The lowest BCUT2D eigenvalue weighted by Gasteiger charge is -2.41. The van der Waals surface area contributed by atoms with E-state index >= 15 is 0 Å². The molecule has 1 heterocycles. The summed E-state index contributed by atoms with van der Waals surface area (Å²) in [6, 6.07) is 17.0. The van der Waals surface area contributed by atoms with E-state index in [4.69, 9.17) is 0 Å². The molecule has 0 aliphatic carbocycles. The van der Waals surface area contributed by atoms with Crippen molar-refractivity contribution in [1.82, 2.24) is 4.90 Å². The van der Waals surface area contributed by atoms with Gasteiger partial charge in [0.2, 0.25) is 5.91 Å². The molecule has 1 saturated heterocycles. The van der Waals surface area contributed by atoms with Gasteiger partial charge < -0.3 is 4.90 Å². The van der Waals surface area contributed by atoms with E-state index in [-0.39, 0.29) is 16.2 Å². The molecule has 1 unspecified atom stereocenters. The van der Waals surface area contributed by atoms with Crippen molar-refractivity contribution in [3.63, 3.8) is 0 Å². The van der Waals surface area contributed by atoms with Gasteiger partial charge in [-0.05, 0) is 36.1 Å². The summed E-state index contributed by atoms with van der Waals surface area (Å²) in [7, 11) is -3.21. The average Bonchev–Trinajstić information content (AvgIpc) is 2.62. The van der Waals surface area contributed by atoms with Crippen LogP contribution in [0.1, 0.15) is 30.9 Å². The van der Waals surface area contributed by atoms with Crippen LogP contribution in [0.15, 0.2) is 59.5 Å². The van der Waals surface area contributed by atoms with Crippen LogP contribution in [-0.2, 0) is 26.5 Å². The van der Waals surface area contributed by atoms with Crippen LogP contribution in [0.25, 0.3) is 0 Å². The van der Waals surface area contributed by atoms with Crippen LogP contribution in [0.3, 0.4) is 0 Å². The average molecular weight is 372 g/mol. The largest absolute Gasteiger partial charge is 0.342 e. The Kier molecular flexibility index (Phi) is 5.19. The van der Waals surface area contributed by atoms with Crippen LogP contribution in [0, 0.1) is 0 Å². The number of nitrogens with zero attached hydrogens (tertiary/aromatic N) is 1. The maximum atomic E-state index is 12.8. The minimum absolute atomic E-state index is 0.0185. The van der Waals surface area contributed by atoms with Gasteiger partial charge in [0.15, 0.2) is 9.84 Å². The molecule has 0 spiro atoms. The Balaban J connectivity index is 1.70. The van der Waals surface area contributed by atoms with Crippen molar-refractivity contribution in [2.75, 3.05) is 19.3 Å². The van der Waals surface area contributed by atoms with Crippen molar-refractivity contribution in [2.45, 2.75) is 36.5 Å². The van der Waals surface area contributed by atoms with E-state index in [1.54, 1.807) is 24.3 Å². The highest BCUT2D eigenvalue weighted by Crippen LogP contribution is 2.33. The van der Waals surface area contributed by atoms with Gasteiger partial charge in [0.25, 0.3) is 0 Å². The number of carbonyl (C=O) groups excluding carboxylic acids is 1. The molecular weight excluding hydrogens is 346 g/mol. The molecule has 138 valence electrons. The topological polar surface area (TPSA) is 54.5 Å². The summed E-state index contributed by atoms with van der Waals surface area (Å²) >= 11 is 0.